The first-order valence-electron chi connectivity index (χ1n) is 7.58. The lowest BCUT2D eigenvalue weighted by molar-refractivity contribution is -0.128. The number of rotatable bonds is 4. The second-order valence-corrected chi connectivity index (χ2v) is 5.97. The van der Waals surface area contributed by atoms with E-state index in [2.05, 4.69) is 11.9 Å². The van der Waals surface area contributed by atoms with E-state index >= 15 is 0 Å². The number of carbonyl (C=O) groups excluding carboxylic acids is 1. The van der Waals surface area contributed by atoms with E-state index in [1.54, 1.807) is 18.5 Å². The second-order valence-electron chi connectivity index (χ2n) is 5.97. The molecule has 0 aromatic carbocycles. The molecule has 21 heavy (non-hydrogen) atoms. The summed E-state index contributed by atoms with van der Waals surface area (Å²) in [6, 6.07) is 2.00. The molecule has 1 aromatic rings. The molecule has 1 aromatic heterocycles. The number of hydrogen-bond donors (Lipinski definition) is 1. The van der Waals surface area contributed by atoms with Crippen LogP contribution in [0.3, 0.4) is 0 Å². The lowest BCUT2D eigenvalue weighted by Gasteiger charge is -2.39. The SMILES string of the molecule is CCC1(CO)CCN(C(=O)/C=C/c2cncc(C)c2)CC1. The molecule has 4 nitrogen and oxygen atoms in total. The van der Waals surface area contributed by atoms with Crippen molar-refractivity contribution in [2.45, 2.75) is 33.1 Å². The monoisotopic (exact) mass is 288 g/mol. The summed E-state index contributed by atoms with van der Waals surface area (Å²) in [7, 11) is 0. The Morgan fingerprint density at radius 3 is 2.71 bits per heavy atom. The molecule has 1 aliphatic heterocycles. The van der Waals surface area contributed by atoms with Gasteiger partial charge in [-0.3, -0.25) is 9.78 Å². The van der Waals surface area contributed by atoms with Crippen LogP contribution in [0.25, 0.3) is 6.08 Å². The van der Waals surface area contributed by atoms with Crippen molar-refractivity contribution >= 4 is 12.0 Å². The van der Waals surface area contributed by atoms with Gasteiger partial charge in [0.2, 0.25) is 5.91 Å². The molecule has 2 rings (SSSR count). The zero-order valence-corrected chi connectivity index (χ0v) is 12.9. The maximum atomic E-state index is 12.2. The minimum absolute atomic E-state index is 0.0148. The fourth-order valence-electron chi connectivity index (χ4n) is 2.77. The molecule has 1 aliphatic rings. The molecule has 2 heterocycles. The maximum Gasteiger partial charge on any atom is 0.246 e. The molecule has 1 N–H and O–H groups in total. The Hall–Kier alpha value is -1.68. The van der Waals surface area contributed by atoms with Crippen LogP contribution >= 0.6 is 0 Å². The number of piperidine rings is 1. The van der Waals surface area contributed by atoms with Gasteiger partial charge in [-0.1, -0.05) is 6.92 Å². The van der Waals surface area contributed by atoms with Crippen molar-refractivity contribution in [1.82, 2.24) is 9.88 Å². The van der Waals surface area contributed by atoms with Crippen molar-refractivity contribution in [3.8, 4) is 0 Å². The van der Waals surface area contributed by atoms with Gasteiger partial charge < -0.3 is 10.0 Å². The largest absolute Gasteiger partial charge is 0.396 e. The van der Waals surface area contributed by atoms with Crippen molar-refractivity contribution in [2.24, 2.45) is 5.41 Å². The number of aliphatic hydroxyl groups excluding tert-OH is 1. The average molecular weight is 288 g/mol. The molecule has 0 bridgehead atoms. The fourth-order valence-corrected chi connectivity index (χ4v) is 2.77. The van der Waals surface area contributed by atoms with Crippen LogP contribution < -0.4 is 0 Å². The Morgan fingerprint density at radius 2 is 2.14 bits per heavy atom. The van der Waals surface area contributed by atoms with Gasteiger partial charge in [-0.2, -0.15) is 0 Å². The third-order valence-corrected chi connectivity index (χ3v) is 4.54. The standard InChI is InChI=1S/C17H24N2O2/c1-3-17(13-20)6-8-19(9-7-17)16(21)5-4-15-10-14(2)11-18-12-15/h4-5,10-12,20H,3,6-9,13H2,1-2H3/b5-4+. The van der Waals surface area contributed by atoms with Crippen LogP contribution in [-0.2, 0) is 4.79 Å². The lowest BCUT2D eigenvalue weighted by Crippen LogP contribution is -2.43. The van der Waals surface area contributed by atoms with Gasteiger partial charge in [0.05, 0.1) is 0 Å². The first kappa shape index (κ1) is 15.7. The number of likely N-dealkylation sites (tertiary alicyclic amines) is 1. The smallest absolute Gasteiger partial charge is 0.246 e. The number of aliphatic hydroxyl groups is 1. The fraction of sp³-hybridized carbons (Fsp3) is 0.529. The van der Waals surface area contributed by atoms with Crippen molar-refractivity contribution in [2.75, 3.05) is 19.7 Å². The Balaban J connectivity index is 1.93. The van der Waals surface area contributed by atoms with E-state index in [9.17, 15) is 9.90 Å². The van der Waals surface area contributed by atoms with E-state index in [-0.39, 0.29) is 17.9 Å². The molecule has 0 spiro atoms. The molecule has 0 radical (unpaired) electrons. The Labute approximate surface area is 126 Å². The van der Waals surface area contributed by atoms with E-state index < -0.39 is 0 Å². The predicted octanol–water partition coefficient (Wildman–Crippen LogP) is 2.41. The lowest BCUT2D eigenvalue weighted by atomic mass is 9.77. The minimum Gasteiger partial charge on any atom is -0.396 e. The van der Waals surface area contributed by atoms with Gasteiger partial charge in [0, 0.05) is 38.2 Å². The van der Waals surface area contributed by atoms with E-state index in [4.69, 9.17) is 0 Å². The van der Waals surface area contributed by atoms with Gasteiger partial charge in [0.15, 0.2) is 0 Å². The van der Waals surface area contributed by atoms with Crippen LogP contribution in [0.15, 0.2) is 24.5 Å². The van der Waals surface area contributed by atoms with Crippen molar-refractivity contribution in [1.29, 1.82) is 0 Å². The van der Waals surface area contributed by atoms with E-state index in [1.807, 2.05) is 24.0 Å². The summed E-state index contributed by atoms with van der Waals surface area (Å²) in [6.45, 7) is 5.76. The summed E-state index contributed by atoms with van der Waals surface area (Å²) in [5.41, 5.74) is 2.04. The zero-order valence-electron chi connectivity index (χ0n) is 12.9. The molecule has 1 fully saturated rings. The van der Waals surface area contributed by atoms with Gasteiger partial charge in [-0.25, -0.2) is 0 Å². The molecule has 4 heteroatoms. The molecule has 1 amide bonds. The van der Waals surface area contributed by atoms with E-state index in [0.29, 0.717) is 0 Å². The normalized spacial score (nSPS) is 18.1. The van der Waals surface area contributed by atoms with Crippen molar-refractivity contribution in [3.05, 3.63) is 35.7 Å². The van der Waals surface area contributed by atoms with Crippen LogP contribution in [0.1, 0.15) is 37.3 Å². The Bertz CT molecular complexity index is 511. The highest BCUT2D eigenvalue weighted by molar-refractivity contribution is 5.91. The highest BCUT2D eigenvalue weighted by Gasteiger charge is 2.33. The number of aromatic nitrogens is 1. The number of pyridine rings is 1. The quantitative estimate of drug-likeness (QED) is 0.866. The summed E-state index contributed by atoms with van der Waals surface area (Å²) in [6.07, 6.45) is 9.71. The van der Waals surface area contributed by atoms with Gasteiger partial charge in [0.1, 0.15) is 0 Å². The molecule has 114 valence electrons. The van der Waals surface area contributed by atoms with Gasteiger partial charge in [-0.05, 0) is 54.9 Å². The maximum absolute atomic E-state index is 12.2. The molecule has 1 saturated heterocycles. The first-order chi connectivity index (χ1) is 10.1. The summed E-state index contributed by atoms with van der Waals surface area (Å²) < 4.78 is 0. The van der Waals surface area contributed by atoms with Gasteiger partial charge in [0.25, 0.3) is 0 Å². The predicted molar refractivity (Wildman–Crippen MR) is 83.6 cm³/mol. The summed E-state index contributed by atoms with van der Waals surface area (Å²) >= 11 is 0. The van der Waals surface area contributed by atoms with E-state index in [0.717, 1.165) is 43.5 Å². The number of amides is 1. The minimum atomic E-state index is 0.0148. The summed E-state index contributed by atoms with van der Waals surface area (Å²) in [4.78, 5) is 18.2. The Kier molecular flexibility index (Phi) is 5.12. The third kappa shape index (κ3) is 3.91. The molecule has 0 saturated carbocycles. The average Bonchev–Trinajstić information content (AvgIpc) is 2.53. The molecular formula is C17H24N2O2. The molecular weight excluding hydrogens is 264 g/mol. The highest BCUT2D eigenvalue weighted by atomic mass is 16.3. The molecule has 0 unspecified atom stereocenters. The zero-order chi connectivity index (χ0) is 15.3. The number of nitrogens with zero attached hydrogens (tertiary/aromatic N) is 2. The topological polar surface area (TPSA) is 53.4 Å². The third-order valence-electron chi connectivity index (χ3n) is 4.54. The first-order valence-corrected chi connectivity index (χ1v) is 7.58. The summed E-state index contributed by atoms with van der Waals surface area (Å²) in [5, 5.41) is 9.52. The van der Waals surface area contributed by atoms with Crippen LogP contribution in [0.4, 0.5) is 0 Å². The highest BCUT2D eigenvalue weighted by Crippen LogP contribution is 2.34. The van der Waals surface area contributed by atoms with Crippen LogP contribution in [0.5, 0.6) is 0 Å². The van der Waals surface area contributed by atoms with E-state index in [1.165, 1.54) is 0 Å². The van der Waals surface area contributed by atoms with Crippen molar-refractivity contribution in [3.63, 3.8) is 0 Å². The molecule has 0 aliphatic carbocycles. The Morgan fingerprint density at radius 1 is 1.43 bits per heavy atom. The summed E-state index contributed by atoms with van der Waals surface area (Å²) in [5.74, 6) is 0.0409. The van der Waals surface area contributed by atoms with Gasteiger partial charge in [-0.15, -0.1) is 0 Å². The van der Waals surface area contributed by atoms with Crippen LogP contribution in [0, 0.1) is 12.3 Å². The number of carbonyl (C=O) groups is 1. The van der Waals surface area contributed by atoms with Crippen molar-refractivity contribution < 1.29 is 9.90 Å². The second kappa shape index (κ2) is 6.85. The molecule has 0 atom stereocenters. The van der Waals surface area contributed by atoms with Crippen LogP contribution in [-0.4, -0.2) is 40.6 Å². The van der Waals surface area contributed by atoms with Gasteiger partial charge >= 0.3 is 0 Å². The number of hydrogen-bond acceptors (Lipinski definition) is 3. The van der Waals surface area contributed by atoms with Crippen LogP contribution in [0.2, 0.25) is 0 Å². The number of aryl methyl sites for hydroxylation is 1.